The van der Waals surface area contributed by atoms with Gasteiger partial charge in [0.05, 0.1) is 0 Å². The summed E-state index contributed by atoms with van der Waals surface area (Å²) in [5.41, 5.74) is 1.25. The normalized spacial score (nSPS) is 18.8. The second kappa shape index (κ2) is 8.17. The Morgan fingerprint density at radius 2 is 1.96 bits per heavy atom. The highest BCUT2D eigenvalue weighted by atomic mass is 19.4. The molecule has 1 aromatic carbocycles. The summed E-state index contributed by atoms with van der Waals surface area (Å²) in [6.07, 6.45) is -2.62. The number of piperidine rings is 1. The minimum atomic E-state index is -4.42. The summed E-state index contributed by atoms with van der Waals surface area (Å²) in [6.45, 7) is 0.455. The standard InChI is InChI=1S/C18H22F3N5O2/c19-18(20,21)10-24-14-9-12(11-3-6-23-7-4-11)1-2-13(14)16(22)26-8-5-15(27)25-17(26)28/h1-2,9,11,22-24H,3-8,10H2,(H,25,27,28). The molecule has 0 saturated carbocycles. The van der Waals surface area contributed by atoms with Crippen LogP contribution in [0.2, 0.25) is 0 Å². The molecule has 152 valence electrons. The molecule has 7 nitrogen and oxygen atoms in total. The second-order valence-electron chi connectivity index (χ2n) is 6.90. The molecule has 2 aliphatic rings. The van der Waals surface area contributed by atoms with Gasteiger partial charge >= 0.3 is 12.2 Å². The number of alkyl halides is 3. The van der Waals surface area contributed by atoms with Gasteiger partial charge in [0.1, 0.15) is 12.4 Å². The number of hydrogen-bond acceptors (Lipinski definition) is 5. The third-order valence-electron chi connectivity index (χ3n) is 4.91. The maximum absolute atomic E-state index is 12.8. The fourth-order valence-corrected chi connectivity index (χ4v) is 3.44. The highest BCUT2D eigenvalue weighted by Gasteiger charge is 2.30. The van der Waals surface area contributed by atoms with Crippen LogP contribution in [0.1, 0.15) is 36.3 Å². The summed E-state index contributed by atoms with van der Waals surface area (Å²) in [5, 5.41) is 16.1. The van der Waals surface area contributed by atoms with Gasteiger partial charge in [-0.1, -0.05) is 6.07 Å². The van der Waals surface area contributed by atoms with Crippen LogP contribution in [0.25, 0.3) is 0 Å². The van der Waals surface area contributed by atoms with Gasteiger partial charge in [-0.3, -0.25) is 20.4 Å². The number of hydrogen-bond donors (Lipinski definition) is 4. The summed E-state index contributed by atoms with van der Waals surface area (Å²) in [5.74, 6) is -0.455. The number of rotatable bonds is 4. The van der Waals surface area contributed by atoms with Crippen molar-refractivity contribution in [3.8, 4) is 0 Å². The molecule has 0 radical (unpaired) electrons. The summed E-state index contributed by atoms with van der Waals surface area (Å²) >= 11 is 0. The van der Waals surface area contributed by atoms with Crippen LogP contribution in [-0.2, 0) is 4.79 Å². The third kappa shape index (κ3) is 4.80. The molecular formula is C18H22F3N5O2. The number of anilines is 1. The smallest absolute Gasteiger partial charge is 0.376 e. The topological polar surface area (TPSA) is 97.3 Å². The summed E-state index contributed by atoms with van der Waals surface area (Å²) < 4.78 is 38.3. The molecule has 3 amide bonds. The molecule has 4 N–H and O–H groups in total. The largest absolute Gasteiger partial charge is 0.405 e. The van der Waals surface area contributed by atoms with Crippen LogP contribution in [0, 0.1) is 5.41 Å². The Bertz CT molecular complexity index is 775. The van der Waals surface area contributed by atoms with E-state index in [9.17, 15) is 22.8 Å². The van der Waals surface area contributed by atoms with Gasteiger partial charge in [-0.25, -0.2) is 4.79 Å². The van der Waals surface area contributed by atoms with Crippen LogP contribution in [0.3, 0.4) is 0 Å². The molecule has 2 heterocycles. The van der Waals surface area contributed by atoms with Gasteiger partial charge < -0.3 is 10.6 Å². The van der Waals surface area contributed by atoms with Crippen molar-refractivity contribution in [1.29, 1.82) is 5.41 Å². The SMILES string of the molecule is N=C(c1ccc(C2CCNCC2)cc1NCC(F)(F)F)N1CCC(=O)NC1=O. The maximum atomic E-state index is 12.8. The fraction of sp³-hybridized carbons (Fsp3) is 0.500. The monoisotopic (exact) mass is 397 g/mol. The number of urea groups is 1. The van der Waals surface area contributed by atoms with Crippen molar-refractivity contribution in [1.82, 2.24) is 15.5 Å². The first-order valence-electron chi connectivity index (χ1n) is 9.10. The Morgan fingerprint density at radius 1 is 1.25 bits per heavy atom. The molecule has 3 rings (SSSR count). The van der Waals surface area contributed by atoms with E-state index in [1.807, 2.05) is 0 Å². The Labute approximate surface area is 160 Å². The van der Waals surface area contributed by atoms with E-state index in [-0.39, 0.29) is 36.0 Å². The molecule has 0 unspecified atom stereocenters. The molecular weight excluding hydrogens is 375 g/mol. The quantitative estimate of drug-likeness (QED) is 0.463. The van der Waals surface area contributed by atoms with Crippen molar-refractivity contribution >= 4 is 23.5 Å². The number of nitrogens with zero attached hydrogens (tertiary/aromatic N) is 1. The molecule has 0 spiro atoms. The number of carbonyl (C=O) groups is 2. The average molecular weight is 397 g/mol. The minimum Gasteiger partial charge on any atom is -0.376 e. The maximum Gasteiger partial charge on any atom is 0.405 e. The lowest BCUT2D eigenvalue weighted by Crippen LogP contribution is -2.52. The molecule has 0 atom stereocenters. The lowest BCUT2D eigenvalue weighted by Gasteiger charge is -2.29. The second-order valence-corrected chi connectivity index (χ2v) is 6.90. The average Bonchev–Trinajstić information content (AvgIpc) is 2.66. The van der Waals surface area contributed by atoms with Crippen molar-refractivity contribution in [2.75, 3.05) is 31.5 Å². The first-order chi connectivity index (χ1) is 13.2. The van der Waals surface area contributed by atoms with Crippen LogP contribution in [0.5, 0.6) is 0 Å². The van der Waals surface area contributed by atoms with E-state index in [1.165, 1.54) is 0 Å². The Kier molecular flexibility index (Phi) is 5.87. The zero-order valence-corrected chi connectivity index (χ0v) is 15.2. The first kappa shape index (κ1) is 20.1. The lowest BCUT2D eigenvalue weighted by molar-refractivity contribution is -0.121. The van der Waals surface area contributed by atoms with E-state index in [0.717, 1.165) is 36.4 Å². The Hall–Kier alpha value is -2.62. The Morgan fingerprint density at radius 3 is 2.61 bits per heavy atom. The van der Waals surface area contributed by atoms with Crippen molar-refractivity contribution in [3.63, 3.8) is 0 Å². The van der Waals surface area contributed by atoms with Crippen LogP contribution in [-0.4, -0.2) is 55.0 Å². The number of imide groups is 1. The predicted molar refractivity (Wildman–Crippen MR) is 97.5 cm³/mol. The molecule has 10 heteroatoms. The molecule has 2 saturated heterocycles. The van der Waals surface area contributed by atoms with E-state index in [4.69, 9.17) is 5.41 Å². The summed E-state index contributed by atoms with van der Waals surface area (Å²) in [4.78, 5) is 24.4. The number of nitrogens with one attached hydrogen (secondary N) is 4. The van der Waals surface area contributed by atoms with Crippen LogP contribution >= 0.6 is 0 Å². The van der Waals surface area contributed by atoms with Gasteiger partial charge in [0.2, 0.25) is 5.91 Å². The van der Waals surface area contributed by atoms with E-state index >= 15 is 0 Å². The van der Waals surface area contributed by atoms with Gasteiger partial charge in [-0.2, -0.15) is 13.2 Å². The molecule has 28 heavy (non-hydrogen) atoms. The van der Waals surface area contributed by atoms with E-state index in [2.05, 4.69) is 16.0 Å². The number of amidine groups is 1. The molecule has 0 bridgehead atoms. The van der Waals surface area contributed by atoms with Gasteiger partial charge in [-0.05, 0) is 49.5 Å². The Balaban J connectivity index is 1.88. The van der Waals surface area contributed by atoms with E-state index < -0.39 is 24.7 Å². The van der Waals surface area contributed by atoms with Gasteiger partial charge in [0.25, 0.3) is 0 Å². The zero-order chi connectivity index (χ0) is 20.3. The van der Waals surface area contributed by atoms with Crippen molar-refractivity contribution in [2.24, 2.45) is 0 Å². The number of carbonyl (C=O) groups excluding carboxylic acids is 2. The number of amides is 3. The number of halogens is 3. The van der Waals surface area contributed by atoms with Crippen LogP contribution in [0.4, 0.5) is 23.7 Å². The highest BCUT2D eigenvalue weighted by Crippen LogP contribution is 2.30. The first-order valence-corrected chi connectivity index (χ1v) is 9.10. The molecule has 2 fully saturated rings. The molecule has 0 aromatic heterocycles. The lowest BCUT2D eigenvalue weighted by atomic mass is 9.89. The fourth-order valence-electron chi connectivity index (χ4n) is 3.44. The van der Waals surface area contributed by atoms with Gasteiger partial charge in [-0.15, -0.1) is 0 Å². The number of benzene rings is 1. The summed E-state index contributed by atoms with van der Waals surface area (Å²) in [7, 11) is 0. The van der Waals surface area contributed by atoms with Gasteiger partial charge in [0.15, 0.2) is 0 Å². The highest BCUT2D eigenvalue weighted by molar-refractivity contribution is 6.12. The van der Waals surface area contributed by atoms with E-state index in [0.29, 0.717) is 0 Å². The third-order valence-corrected chi connectivity index (χ3v) is 4.91. The molecule has 0 aliphatic carbocycles. The van der Waals surface area contributed by atoms with E-state index in [1.54, 1.807) is 18.2 Å². The van der Waals surface area contributed by atoms with Crippen molar-refractivity contribution in [2.45, 2.75) is 31.4 Å². The van der Waals surface area contributed by atoms with Crippen molar-refractivity contribution < 1.29 is 22.8 Å². The minimum absolute atomic E-state index is 0.0122. The van der Waals surface area contributed by atoms with Crippen LogP contribution in [0.15, 0.2) is 18.2 Å². The summed E-state index contributed by atoms with van der Waals surface area (Å²) in [6, 6.07) is 4.26. The van der Waals surface area contributed by atoms with Crippen LogP contribution < -0.4 is 16.0 Å². The molecule has 2 aliphatic heterocycles. The van der Waals surface area contributed by atoms with Gasteiger partial charge in [0, 0.05) is 24.2 Å². The molecule has 1 aromatic rings. The zero-order valence-electron chi connectivity index (χ0n) is 15.2. The predicted octanol–water partition coefficient (Wildman–Crippen LogP) is 2.40. The van der Waals surface area contributed by atoms with Crippen molar-refractivity contribution in [3.05, 3.63) is 29.3 Å².